The lowest BCUT2D eigenvalue weighted by atomic mass is 10.1. The van der Waals surface area contributed by atoms with Crippen molar-refractivity contribution in [2.24, 2.45) is 0 Å². The minimum absolute atomic E-state index is 0.0135. The van der Waals surface area contributed by atoms with Gasteiger partial charge in [-0.05, 0) is 24.2 Å². The van der Waals surface area contributed by atoms with Gasteiger partial charge in [-0.2, -0.15) is 0 Å². The van der Waals surface area contributed by atoms with Crippen LogP contribution in [0.4, 0.5) is 14.5 Å². The van der Waals surface area contributed by atoms with Gasteiger partial charge in [0.25, 0.3) is 0 Å². The Morgan fingerprint density at radius 1 is 1.37 bits per heavy atom. The smallest absolute Gasteiger partial charge is 0.239 e. The van der Waals surface area contributed by atoms with Crippen LogP contribution in [0.3, 0.4) is 0 Å². The molecule has 0 atom stereocenters. The highest BCUT2D eigenvalue weighted by Crippen LogP contribution is 2.25. The number of hydrogen-bond donors (Lipinski definition) is 2. The van der Waals surface area contributed by atoms with E-state index in [9.17, 15) is 13.6 Å². The maximum atomic E-state index is 14.0. The van der Waals surface area contributed by atoms with Crippen molar-refractivity contribution in [2.45, 2.75) is 13.5 Å². The third kappa shape index (κ3) is 3.20. The Labute approximate surface area is 110 Å². The first-order valence-electron chi connectivity index (χ1n) is 6.32. The lowest BCUT2D eigenvalue weighted by molar-refractivity contribution is -0.120. The quantitative estimate of drug-likeness (QED) is 0.857. The molecule has 2 N–H and O–H groups in total. The van der Waals surface area contributed by atoms with Gasteiger partial charge < -0.3 is 15.5 Å². The van der Waals surface area contributed by atoms with Crippen LogP contribution in [-0.4, -0.2) is 32.1 Å². The molecule has 0 radical (unpaired) electrons. The molecule has 0 saturated carbocycles. The number of amides is 1. The van der Waals surface area contributed by atoms with Gasteiger partial charge in [-0.15, -0.1) is 0 Å². The highest BCUT2D eigenvalue weighted by Gasteiger charge is 2.23. The zero-order chi connectivity index (χ0) is 13.8. The molecular weight excluding hydrogens is 252 g/mol. The van der Waals surface area contributed by atoms with Crippen molar-refractivity contribution in [2.75, 3.05) is 31.1 Å². The number of nitrogens with zero attached hydrogens (tertiary/aromatic N) is 1. The SMILES string of the molecule is CCNCc1cc(F)c(N2CCNC(=O)C2)c(F)c1. The second-order valence-corrected chi connectivity index (χ2v) is 4.46. The number of carbonyl (C=O) groups excluding carboxylic acids is 1. The third-order valence-electron chi connectivity index (χ3n) is 3.01. The van der Waals surface area contributed by atoms with Crippen LogP contribution in [-0.2, 0) is 11.3 Å². The van der Waals surface area contributed by atoms with E-state index in [2.05, 4.69) is 10.6 Å². The summed E-state index contributed by atoms with van der Waals surface area (Å²) in [4.78, 5) is 12.7. The molecule has 0 bridgehead atoms. The molecule has 1 fully saturated rings. The molecule has 0 aromatic heterocycles. The van der Waals surface area contributed by atoms with Crippen molar-refractivity contribution in [3.8, 4) is 0 Å². The summed E-state index contributed by atoms with van der Waals surface area (Å²) in [5.74, 6) is -1.47. The van der Waals surface area contributed by atoms with Crippen LogP contribution >= 0.6 is 0 Å². The van der Waals surface area contributed by atoms with Crippen LogP contribution in [0.2, 0.25) is 0 Å². The second kappa shape index (κ2) is 5.97. The van der Waals surface area contributed by atoms with Gasteiger partial charge in [0.1, 0.15) is 17.3 Å². The van der Waals surface area contributed by atoms with Gasteiger partial charge in [0, 0.05) is 19.6 Å². The van der Waals surface area contributed by atoms with Crippen LogP contribution in [0, 0.1) is 11.6 Å². The summed E-state index contributed by atoms with van der Waals surface area (Å²) in [5, 5.41) is 5.64. The molecule has 0 aliphatic carbocycles. The number of nitrogens with one attached hydrogen (secondary N) is 2. The van der Waals surface area contributed by atoms with Crippen LogP contribution in [0.1, 0.15) is 12.5 Å². The van der Waals surface area contributed by atoms with Crippen LogP contribution in [0.25, 0.3) is 0 Å². The normalized spacial score (nSPS) is 15.5. The molecule has 0 unspecified atom stereocenters. The van der Waals surface area contributed by atoms with Gasteiger partial charge in [-0.3, -0.25) is 4.79 Å². The van der Waals surface area contributed by atoms with Crippen LogP contribution in [0.15, 0.2) is 12.1 Å². The lowest BCUT2D eigenvalue weighted by Gasteiger charge is -2.29. The summed E-state index contributed by atoms with van der Waals surface area (Å²) in [7, 11) is 0. The third-order valence-corrected chi connectivity index (χ3v) is 3.01. The lowest BCUT2D eigenvalue weighted by Crippen LogP contribution is -2.48. The van der Waals surface area contributed by atoms with E-state index in [1.165, 1.54) is 17.0 Å². The molecule has 1 aromatic carbocycles. The number of benzene rings is 1. The molecule has 1 aliphatic rings. The van der Waals surface area contributed by atoms with Gasteiger partial charge >= 0.3 is 0 Å². The van der Waals surface area contributed by atoms with Crippen molar-refractivity contribution >= 4 is 11.6 Å². The van der Waals surface area contributed by atoms with E-state index in [1.807, 2.05) is 6.92 Å². The fraction of sp³-hybridized carbons (Fsp3) is 0.462. The number of hydrogen-bond acceptors (Lipinski definition) is 3. The first-order chi connectivity index (χ1) is 9.11. The van der Waals surface area contributed by atoms with Crippen molar-refractivity contribution in [3.63, 3.8) is 0 Å². The van der Waals surface area contributed by atoms with Crippen molar-refractivity contribution in [1.82, 2.24) is 10.6 Å². The molecule has 1 saturated heterocycles. The molecular formula is C13H17F2N3O. The van der Waals surface area contributed by atoms with Gasteiger partial charge in [-0.25, -0.2) is 8.78 Å². The van der Waals surface area contributed by atoms with Gasteiger partial charge in [0.15, 0.2) is 0 Å². The number of carbonyl (C=O) groups is 1. The zero-order valence-electron chi connectivity index (χ0n) is 10.8. The topological polar surface area (TPSA) is 44.4 Å². The number of rotatable bonds is 4. The summed E-state index contributed by atoms with van der Waals surface area (Å²) < 4.78 is 28.0. The van der Waals surface area contributed by atoms with Crippen LogP contribution in [0.5, 0.6) is 0 Å². The number of halogens is 2. The average Bonchev–Trinajstić information content (AvgIpc) is 2.35. The largest absolute Gasteiger partial charge is 0.356 e. The molecule has 0 spiro atoms. The number of anilines is 1. The summed E-state index contributed by atoms with van der Waals surface area (Å²) in [6, 6.07) is 2.63. The Kier molecular flexibility index (Phi) is 4.31. The molecule has 6 heteroatoms. The van der Waals surface area contributed by atoms with E-state index in [0.717, 1.165) is 6.54 Å². The zero-order valence-corrected chi connectivity index (χ0v) is 10.8. The van der Waals surface area contributed by atoms with Gasteiger partial charge in [0.2, 0.25) is 5.91 Å². The fourth-order valence-corrected chi connectivity index (χ4v) is 2.12. The maximum absolute atomic E-state index is 14.0. The molecule has 1 heterocycles. The summed E-state index contributed by atoms with van der Waals surface area (Å²) in [6.45, 7) is 3.87. The Bertz CT molecular complexity index is 456. The predicted molar refractivity (Wildman–Crippen MR) is 69.0 cm³/mol. The number of piperazine rings is 1. The predicted octanol–water partition coefficient (Wildman–Crippen LogP) is 1.01. The van der Waals surface area contributed by atoms with Gasteiger partial charge in [-0.1, -0.05) is 6.92 Å². The van der Waals surface area contributed by atoms with E-state index in [-0.39, 0.29) is 18.1 Å². The van der Waals surface area contributed by atoms with E-state index in [4.69, 9.17) is 0 Å². The average molecular weight is 269 g/mol. The van der Waals surface area contributed by atoms with E-state index in [1.54, 1.807) is 0 Å². The Balaban J connectivity index is 2.23. The Morgan fingerprint density at radius 3 is 2.63 bits per heavy atom. The van der Waals surface area contributed by atoms with E-state index >= 15 is 0 Å². The minimum Gasteiger partial charge on any atom is -0.356 e. The highest BCUT2D eigenvalue weighted by molar-refractivity contribution is 5.82. The summed E-state index contributed by atoms with van der Waals surface area (Å²) in [5.41, 5.74) is 0.442. The van der Waals surface area contributed by atoms with Gasteiger partial charge in [0.05, 0.1) is 6.54 Å². The Hall–Kier alpha value is -1.69. The van der Waals surface area contributed by atoms with E-state index < -0.39 is 11.6 Å². The molecule has 1 aliphatic heterocycles. The first kappa shape index (κ1) is 13.7. The molecule has 19 heavy (non-hydrogen) atoms. The van der Waals surface area contributed by atoms with Crippen molar-refractivity contribution in [1.29, 1.82) is 0 Å². The van der Waals surface area contributed by atoms with Crippen molar-refractivity contribution in [3.05, 3.63) is 29.3 Å². The minimum atomic E-state index is -0.623. The monoisotopic (exact) mass is 269 g/mol. The summed E-state index contributed by atoms with van der Waals surface area (Å²) >= 11 is 0. The maximum Gasteiger partial charge on any atom is 0.239 e. The molecule has 1 amide bonds. The van der Waals surface area contributed by atoms with E-state index in [0.29, 0.717) is 25.2 Å². The van der Waals surface area contributed by atoms with Crippen molar-refractivity contribution < 1.29 is 13.6 Å². The first-order valence-corrected chi connectivity index (χ1v) is 6.32. The van der Waals surface area contributed by atoms with Crippen LogP contribution < -0.4 is 15.5 Å². The fourth-order valence-electron chi connectivity index (χ4n) is 2.12. The molecule has 1 aromatic rings. The molecule has 2 rings (SSSR count). The molecule has 4 nitrogen and oxygen atoms in total. The molecule has 104 valence electrons. The second-order valence-electron chi connectivity index (χ2n) is 4.46. The highest BCUT2D eigenvalue weighted by atomic mass is 19.1. The summed E-state index contributed by atoms with van der Waals surface area (Å²) in [6.07, 6.45) is 0. The Morgan fingerprint density at radius 2 is 2.05 bits per heavy atom. The standard InChI is InChI=1S/C13H17F2N3O/c1-2-16-7-9-5-10(14)13(11(15)6-9)18-4-3-17-12(19)8-18/h5-6,16H,2-4,7-8H2,1H3,(H,17,19).